The number of fused-ring (bicyclic) bond motifs is 1. The largest absolute Gasteiger partial charge is 0.326 e. The SMILES string of the molecule is Cc1cccc2c1[nH]c(=O)n2CC1CCCN(C(C)C)C1. The molecule has 0 spiro atoms. The minimum absolute atomic E-state index is 0.0287. The summed E-state index contributed by atoms with van der Waals surface area (Å²) in [5.74, 6) is 0.568. The molecule has 1 aliphatic heterocycles. The van der Waals surface area contributed by atoms with Crippen molar-refractivity contribution in [2.45, 2.75) is 46.2 Å². The highest BCUT2D eigenvalue weighted by Crippen LogP contribution is 2.22. The van der Waals surface area contributed by atoms with Crippen LogP contribution in [0, 0.1) is 12.8 Å². The van der Waals surface area contributed by atoms with E-state index in [0.29, 0.717) is 12.0 Å². The third-order valence-electron chi connectivity index (χ3n) is 4.74. The van der Waals surface area contributed by atoms with Crippen LogP contribution in [0.3, 0.4) is 0 Å². The minimum Gasteiger partial charge on any atom is -0.305 e. The van der Waals surface area contributed by atoms with Gasteiger partial charge in [0.1, 0.15) is 0 Å². The summed E-state index contributed by atoms with van der Waals surface area (Å²) in [6, 6.07) is 6.71. The summed E-state index contributed by atoms with van der Waals surface area (Å²) >= 11 is 0. The Hall–Kier alpha value is -1.55. The molecule has 0 saturated carbocycles. The number of piperidine rings is 1. The molecule has 1 saturated heterocycles. The number of benzene rings is 1. The molecule has 0 aliphatic carbocycles. The van der Waals surface area contributed by atoms with Crippen molar-refractivity contribution in [1.29, 1.82) is 0 Å². The first-order chi connectivity index (χ1) is 10.1. The van der Waals surface area contributed by atoms with Crippen LogP contribution < -0.4 is 5.69 Å². The van der Waals surface area contributed by atoms with E-state index in [2.05, 4.69) is 23.7 Å². The van der Waals surface area contributed by atoms with E-state index < -0.39 is 0 Å². The molecule has 1 atom stereocenters. The summed E-state index contributed by atoms with van der Waals surface area (Å²) in [6.45, 7) is 9.67. The van der Waals surface area contributed by atoms with Crippen molar-refractivity contribution in [1.82, 2.24) is 14.5 Å². The predicted molar refractivity (Wildman–Crippen MR) is 86.7 cm³/mol. The van der Waals surface area contributed by atoms with Crippen LogP contribution in [0.15, 0.2) is 23.0 Å². The molecular weight excluding hydrogens is 262 g/mol. The average molecular weight is 287 g/mol. The summed E-state index contributed by atoms with van der Waals surface area (Å²) in [6.07, 6.45) is 2.45. The lowest BCUT2D eigenvalue weighted by atomic mass is 9.97. The number of para-hydroxylation sites is 1. The van der Waals surface area contributed by atoms with E-state index in [9.17, 15) is 4.79 Å². The third kappa shape index (κ3) is 2.77. The van der Waals surface area contributed by atoms with Gasteiger partial charge in [0.25, 0.3) is 0 Å². The molecule has 4 heteroatoms. The summed E-state index contributed by atoms with van der Waals surface area (Å²) in [5, 5.41) is 0. The van der Waals surface area contributed by atoms with Crippen LogP contribution in [0.25, 0.3) is 11.0 Å². The molecule has 3 rings (SSSR count). The number of nitrogens with zero attached hydrogens (tertiary/aromatic N) is 2. The fraction of sp³-hybridized carbons (Fsp3) is 0.588. The fourth-order valence-corrected chi connectivity index (χ4v) is 3.48. The maximum atomic E-state index is 12.3. The maximum absolute atomic E-state index is 12.3. The molecule has 21 heavy (non-hydrogen) atoms. The zero-order chi connectivity index (χ0) is 15.0. The standard InChI is InChI=1S/C17H25N3O/c1-12(2)19-9-5-7-14(10-19)11-20-15-8-4-6-13(3)16(15)18-17(20)21/h4,6,8,12,14H,5,7,9-11H2,1-3H3,(H,18,21). The van der Waals surface area contributed by atoms with E-state index in [-0.39, 0.29) is 5.69 Å². The van der Waals surface area contributed by atoms with Crippen LogP contribution in [0.4, 0.5) is 0 Å². The Kier molecular flexibility index (Phi) is 3.89. The van der Waals surface area contributed by atoms with Crippen molar-refractivity contribution >= 4 is 11.0 Å². The van der Waals surface area contributed by atoms with Crippen LogP contribution in [-0.4, -0.2) is 33.6 Å². The Morgan fingerprint density at radius 1 is 1.38 bits per heavy atom. The van der Waals surface area contributed by atoms with Crippen LogP contribution in [-0.2, 0) is 6.54 Å². The van der Waals surface area contributed by atoms with Crippen LogP contribution in [0.5, 0.6) is 0 Å². The molecule has 4 nitrogen and oxygen atoms in total. The molecule has 0 bridgehead atoms. The van der Waals surface area contributed by atoms with Crippen molar-refractivity contribution < 1.29 is 0 Å². The molecule has 1 aliphatic rings. The zero-order valence-corrected chi connectivity index (χ0v) is 13.2. The van der Waals surface area contributed by atoms with Crippen molar-refractivity contribution in [3.05, 3.63) is 34.2 Å². The lowest BCUT2D eigenvalue weighted by Gasteiger charge is -2.35. The van der Waals surface area contributed by atoms with E-state index in [0.717, 1.165) is 29.7 Å². The lowest BCUT2D eigenvalue weighted by molar-refractivity contribution is 0.131. The van der Waals surface area contributed by atoms with Crippen molar-refractivity contribution in [3.63, 3.8) is 0 Å². The number of imidazole rings is 1. The highest BCUT2D eigenvalue weighted by molar-refractivity contribution is 5.78. The van der Waals surface area contributed by atoms with Crippen LogP contribution >= 0.6 is 0 Å². The molecule has 114 valence electrons. The molecule has 1 aromatic carbocycles. The van der Waals surface area contributed by atoms with Gasteiger partial charge in [0, 0.05) is 19.1 Å². The zero-order valence-electron chi connectivity index (χ0n) is 13.2. The summed E-state index contributed by atoms with van der Waals surface area (Å²) < 4.78 is 1.93. The van der Waals surface area contributed by atoms with Crippen LogP contribution in [0.1, 0.15) is 32.3 Å². The molecule has 2 aromatic rings. The highest BCUT2D eigenvalue weighted by Gasteiger charge is 2.23. The smallest absolute Gasteiger partial charge is 0.305 e. The second-order valence-electron chi connectivity index (χ2n) is 6.61. The van der Waals surface area contributed by atoms with Gasteiger partial charge in [-0.3, -0.25) is 4.57 Å². The second kappa shape index (κ2) is 5.68. The molecule has 1 unspecified atom stereocenters. The Bertz CT molecular complexity index is 683. The van der Waals surface area contributed by atoms with Gasteiger partial charge < -0.3 is 9.88 Å². The van der Waals surface area contributed by atoms with Gasteiger partial charge in [0.2, 0.25) is 0 Å². The number of aryl methyl sites for hydroxylation is 1. The molecule has 1 fully saturated rings. The Labute approximate surface area is 125 Å². The van der Waals surface area contributed by atoms with E-state index in [1.54, 1.807) is 0 Å². The molecule has 2 heterocycles. The van der Waals surface area contributed by atoms with Crippen molar-refractivity contribution in [2.75, 3.05) is 13.1 Å². The molecule has 1 N–H and O–H groups in total. The first kappa shape index (κ1) is 14.4. The normalized spacial score (nSPS) is 20.5. The second-order valence-corrected chi connectivity index (χ2v) is 6.61. The van der Waals surface area contributed by atoms with Gasteiger partial charge in [-0.25, -0.2) is 4.79 Å². The van der Waals surface area contributed by atoms with E-state index >= 15 is 0 Å². The molecular formula is C17H25N3O. The number of aromatic amines is 1. The summed E-state index contributed by atoms with van der Waals surface area (Å²) in [5.41, 5.74) is 3.19. The maximum Gasteiger partial charge on any atom is 0.326 e. The number of H-pyrrole nitrogens is 1. The van der Waals surface area contributed by atoms with E-state index in [1.807, 2.05) is 29.7 Å². The van der Waals surface area contributed by atoms with E-state index in [1.165, 1.54) is 19.4 Å². The number of aromatic nitrogens is 2. The van der Waals surface area contributed by atoms with Gasteiger partial charge in [-0.05, 0) is 57.7 Å². The molecule has 1 aromatic heterocycles. The van der Waals surface area contributed by atoms with Crippen LogP contribution in [0.2, 0.25) is 0 Å². The third-order valence-corrected chi connectivity index (χ3v) is 4.74. The summed E-state index contributed by atoms with van der Waals surface area (Å²) in [4.78, 5) is 17.8. The van der Waals surface area contributed by atoms with Gasteiger partial charge in [-0.1, -0.05) is 12.1 Å². The van der Waals surface area contributed by atoms with Gasteiger partial charge in [0.05, 0.1) is 11.0 Å². The van der Waals surface area contributed by atoms with Gasteiger partial charge >= 0.3 is 5.69 Å². The average Bonchev–Trinajstić information content (AvgIpc) is 2.78. The molecule has 0 radical (unpaired) electrons. The Balaban J connectivity index is 1.87. The number of nitrogens with one attached hydrogen (secondary N) is 1. The number of rotatable bonds is 3. The predicted octanol–water partition coefficient (Wildman–Crippen LogP) is 2.76. The number of hydrogen-bond acceptors (Lipinski definition) is 2. The first-order valence-electron chi connectivity index (χ1n) is 7.98. The minimum atomic E-state index is 0.0287. The van der Waals surface area contributed by atoms with Crippen molar-refractivity contribution in [2.24, 2.45) is 5.92 Å². The molecule has 0 amide bonds. The quantitative estimate of drug-likeness (QED) is 0.943. The number of likely N-dealkylation sites (tertiary alicyclic amines) is 1. The van der Waals surface area contributed by atoms with E-state index in [4.69, 9.17) is 0 Å². The van der Waals surface area contributed by atoms with Gasteiger partial charge in [0.15, 0.2) is 0 Å². The lowest BCUT2D eigenvalue weighted by Crippen LogP contribution is -2.41. The number of hydrogen-bond donors (Lipinski definition) is 1. The first-order valence-corrected chi connectivity index (χ1v) is 7.98. The Morgan fingerprint density at radius 3 is 2.95 bits per heavy atom. The van der Waals surface area contributed by atoms with Gasteiger partial charge in [-0.15, -0.1) is 0 Å². The summed E-state index contributed by atoms with van der Waals surface area (Å²) in [7, 11) is 0. The Morgan fingerprint density at radius 2 is 2.19 bits per heavy atom. The monoisotopic (exact) mass is 287 g/mol. The topological polar surface area (TPSA) is 41.0 Å². The fourth-order valence-electron chi connectivity index (χ4n) is 3.48. The van der Waals surface area contributed by atoms with Gasteiger partial charge in [-0.2, -0.15) is 0 Å². The van der Waals surface area contributed by atoms with Crippen molar-refractivity contribution in [3.8, 4) is 0 Å². The highest BCUT2D eigenvalue weighted by atomic mass is 16.1.